The number of ketones is 1. The zero-order chi connectivity index (χ0) is 24.6. The third-order valence-corrected chi connectivity index (χ3v) is 7.68. The number of dihydropyridines is 1. The van der Waals surface area contributed by atoms with Crippen LogP contribution in [0.2, 0.25) is 5.02 Å². The number of aryl methyl sites for hydroxylation is 1. The molecule has 7 heteroatoms. The van der Waals surface area contributed by atoms with E-state index in [4.69, 9.17) is 21.1 Å². The first kappa shape index (κ1) is 24.6. The Kier molecular flexibility index (Phi) is 6.92. The fourth-order valence-electron chi connectivity index (χ4n) is 4.72. The molecular formula is C27H30ClNO4S. The molecule has 1 atom stereocenters. The van der Waals surface area contributed by atoms with Gasteiger partial charge in [0.15, 0.2) is 5.78 Å². The monoisotopic (exact) mass is 499 g/mol. The molecule has 1 aliphatic heterocycles. The van der Waals surface area contributed by atoms with Gasteiger partial charge in [-0.25, -0.2) is 4.79 Å². The molecule has 1 N–H and O–H groups in total. The Balaban J connectivity index is 1.72. The molecule has 2 heterocycles. The number of Topliss-reactive ketones (excluding diaryl/α,β-unsaturated/α-hetero) is 1. The fraction of sp³-hybridized carbons (Fsp3) is 0.407. The number of benzene rings is 1. The lowest BCUT2D eigenvalue weighted by Gasteiger charge is -2.39. The van der Waals surface area contributed by atoms with Gasteiger partial charge in [-0.05, 0) is 62.9 Å². The van der Waals surface area contributed by atoms with Crippen molar-refractivity contribution in [2.45, 2.75) is 60.0 Å². The second kappa shape index (κ2) is 9.59. The summed E-state index contributed by atoms with van der Waals surface area (Å²) in [5.74, 6) is -0.00213. The number of carbonyl (C=O) groups excluding carboxylic acids is 2. The summed E-state index contributed by atoms with van der Waals surface area (Å²) in [5, 5.41) is 4.03. The van der Waals surface area contributed by atoms with Crippen LogP contribution in [0.25, 0.3) is 0 Å². The molecule has 2 aromatic rings. The fourth-order valence-corrected chi connectivity index (χ4v) is 6.01. The first-order valence-electron chi connectivity index (χ1n) is 11.5. The van der Waals surface area contributed by atoms with E-state index in [2.05, 4.69) is 25.2 Å². The van der Waals surface area contributed by atoms with Crippen LogP contribution in [0.5, 0.6) is 5.75 Å². The molecule has 1 aliphatic carbocycles. The number of carbonyl (C=O) groups is 2. The molecule has 0 radical (unpaired) electrons. The van der Waals surface area contributed by atoms with Crippen molar-refractivity contribution in [3.05, 3.63) is 73.2 Å². The van der Waals surface area contributed by atoms with E-state index in [1.807, 2.05) is 26.0 Å². The van der Waals surface area contributed by atoms with Crippen molar-refractivity contribution in [3.8, 4) is 5.75 Å². The Morgan fingerprint density at radius 2 is 1.91 bits per heavy atom. The molecule has 4 rings (SSSR count). The zero-order valence-corrected chi connectivity index (χ0v) is 21.8. The molecule has 0 spiro atoms. The summed E-state index contributed by atoms with van der Waals surface area (Å²) in [7, 11) is 0. The summed E-state index contributed by atoms with van der Waals surface area (Å²) in [4.78, 5) is 28.5. The third-order valence-electron chi connectivity index (χ3n) is 6.27. The lowest BCUT2D eigenvalue weighted by molar-refractivity contribution is -0.138. The predicted octanol–water partition coefficient (Wildman–Crippen LogP) is 6.46. The smallest absolute Gasteiger partial charge is 0.336 e. The van der Waals surface area contributed by atoms with Gasteiger partial charge in [-0.2, -0.15) is 0 Å². The number of halogens is 1. The van der Waals surface area contributed by atoms with Crippen LogP contribution in [0.1, 0.15) is 61.8 Å². The van der Waals surface area contributed by atoms with Crippen molar-refractivity contribution in [3.63, 3.8) is 0 Å². The van der Waals surface area contributed by atoms with Crippen LogP contribution in [0.15, 0.2) is 52.9 Å². The highest BCUT2D eigenvalue weighted by Crippen LogP contribution is 2.48. The number of esters is 1. The molecule has 1 aromatic heterocycles. The lowest BCUT2D eigenvalue weighted by Crippen LogP contribution is -2.38. The normalized spacial score (nSPS) is 19.6. The van der Waals surface area contributed by atoms with Crippen molar-refractivity contribution >= 4 is 34.7 Å². The highest BCUT2D eigenvalue weighted by atomic mass is 35.5. The van der Waals surface area contributed by atoms with E-state index in [1.54, 1.807) is 30.4 Å². The minimum atomic E-state index is -0.438. The van der Waals surface area contributed by atoms with Gasteiger partial charge in [0.2, 0.25) is 0 Å². The molecule has 34 heavy (non-hydrogen) atoms. The third kappa shape index (κ3) is 4.93. The van der Waals surface area contributed by atoms with E-state index in [-0.39, 0.29) is 23.8 Å². The highest BCUT2D eigenvalue weighted by Gasteiger charge is 2.43. The van der Waals surface area contributed by atoms with E-state index >= 15 is 0 Å². The SMILES string of the molecule is CCOC(=O)C1=C(C)NC2=C(C(=O)CC(C)(C)C2)[C@@H]1c1cc(COc2ccc(Cl)cc2)c(C)s1. The largest absolute Gasteiger partial charge is 0.489 e. The molecule has 1 aromatic carbocycles. The molecule has 0 unspecified atom stereocenters. The van der Waals surface area contributed by atoms with Gasteiger partial charge in [0.05, 0.1) is 18.1 Å². The minimum Gasteiger partial charge on any atom is -0.489 e. The van der Waals surface area contributed by atoms with Gasteiger partial charge in [0.1, 0.15) is 12.4 Å². The van der Waals surface area contributed by atoms with Crippen LogP contribution in [-0.4, -0.2) is 18.4 Å². The molecule has 0 fully saturated rings. The van der Waals surface area contributed by atoms with Gasteiger partial charge >= 0.3 is 5.97 Å². The van der Waals surface area contributed by atoms with Crippen LogP contribution in [-0.2, 0) is 20.9 Å². The summed E-state index contributed by atoms with van der Waals surface area (Å²) in [6, 6.07) is 9.32. The van der Waals surface area contributed by atoms with Gasteiger partial charge in [0, 0.05) is 43.7 Å². The van der Waals surface area contributed by atoms with Crippen molar-refractivity contribution in [2.75, 3.05) is 6.61 Å². The van der Waals surface area contributed by atoms with E-state index in [9.17, 15) is 9.59 Å². The topological polar surface area (TPSA) is 64.6 Å². The second-order valence-corrected chi connectivity index (χ2v) is 11.3. The van der Waals surface area contributed by atoms with Gasteiger partial charge in [-0.1, -0.05) is 25.4 Å². The summed E-state index contributed by atoms with van der Waals surface area (Å²) in [6.45, 7) is 10.6. The van der Waals surface area contributed by atoms with Crippen LogP contribution in [0.3, 0.4) is 0 Å². The van der Waals surface area contributed by atoms with Crippen molar-refractivity contribution in [1.29, 1.82) is 0 Å². The number of thiophene rings is 1. The Labute approximate surface area is 209 Å². The summed E-state index contributed by atoms with van der Waals surface area (Å²) >= 11 is 7.57. The van der Waals surface area contributed by atoms with E-state index in [1.165, 1.54) is 0 Å². The number of rotatable bonds is 6. The van der Waals surface area contributed by atoms with Crippen LogP contribution >= 0.6 is 22.9 Å². The molecule has 0 amide bonds. The van der Waals surface area contributed by atoms with Crippen molar-refractivity contribution in [1.82, 2.24) is 5.32 Å². The number of nitrogens with one attached hydrogen (secondary N) is 1. The number of hydrogen-bond donors (Lipinski definition) is 1. The summed E-state index contributed by atoms with van der Waals surface area (Å²) in [6.07, 6.45) is 1.21. The average Bonchev–Trinajstić information content (AvgIpc) is 3.11. The molecule has 5 nitrogen and oxygen atoms in total. The summed E-state index contributed by atoms with van der Waals surface area (Å²) in [5.41, 5.74) is 3.78. The van der Waals surface area contributed by atoms with Crippen LogP contribution in [0, 0.1) is 12.3 Å². The predicted molar refractivity (Wildman–Crippen MR) is 135 cm³/mol. The minimum absolute atomic E-state index is 0.0862. The van der Waals surface area contributed by atoms with Crippen molar-refractivity contribution in [2.24, 2.45) is 5.41 Å². The number of allylic oxidation sites excluding steroid dienone is 3. The molecule has 0 bridgehead atoms. The number of ether oxygens (including phenoxy) is 2. The lowest BCUT2D eigenvalue weighted by atomic mass is 9.70. The average molecular weight is 500 g/mol. The van der Waals surface area contributed by atoms with Crippen LogP contribution < -0.4 is 10.1 Å². The zero-order valence-electron chi connectivity index (χ0n) is 20.2. The van der Waals surface area contributed by atoms with Crippen molar-refractivity contribution < 1.29 is 19.1 Å². The van der Waals surface area contributed by atoms with Gasteiger partial charge in [-0.3, -0.25) is 4.79 Å². The maximum atomic E-state index is 13.4. The Morgan fingerprint density at radius 3 is 2.59 bits per heavy atom. The molecule has 0 saturated carbocycles. The quantitative estimate of drug-likeness (QED) is 0.462. The van der Waals surface area contributed by atoms with E-state index in [0.29, 0.717) is 29.2 Å². The van der Waals surface area contributed by atoms with Gasteiger partial charge < -0.3 is 14.8 Å². The van der Waals surface area contributed by atoms with E-state index in [0.717, 1.165) is 38.9 Å². The Bertz CT molecular complexity index is 1190. The molecule has 0 saturated heterocycles. The molecular weight excluding hydrogens is 470 g/mol. The standard InChI is InChI=1S/C27H30ClNO4S/c1-6-32-26(31)23-15(2)29-20-12-27(4,5)13-21(30)24(20)25(23)22-11-17(16(3)34-22)14-33-19-9-7-18(28)8-10-19/h7-11,25,29H,6,12-14H2,1-5H3/t25-/m1/s1. The number of hydrogen-bond acceptors (Lipinski definition) is 6. The first-order chi connectivity index (χ1) is 16.1. The van der Waals surface area contributed by atoms with E-state index < -0.39 is 5.92 Å². The van der Waals surface area contributed by atoms with Crippen LogP contribution in [0.4, 0.5) is 0 Å². The first-order valence-corrected chi connectivity index (χ1v) is 12.7. The maximum Gasteiger partial charge on any atom is 0.336 e. The Hall–Kier alpha value is -2.57. The molecule has 180 valence electrons. The maximum absolute atomic E-state index is 13.4. The second-order valence-electron chi connectivity index (χ2n) is 9.62. The molecule has 2 aliphatic rings. The summed E-state index contributed by atoms with van der Waals surface area (Å²) < 4.78 is 11.4. The highest BCUT2D eigenvalue weighted by molar-refractivity contribution is 7.12. The Morgan fingerprint density at radius 1 is 1.21 bits per heavy atom. The van der Waals surface area contributed by atoms with Gasteiger partial charge in [0.25, 0.3) is 0 Å². The van der Waals surface area contributed by atoms with Gasteiger partial charge in [-0.15, -0.1) is 11.3 Å².